The van der Waals surface area contributed by atoms with Gasteiger partial charge in [0, 0.05) is 0 Å². The van der Waals surface area contributed by atoms with Gasteiger partial charge in [-0.1, -0.05) is 6.42 Å². The Kier molecular flexibility index (Phi) is 1.01. The van der Waals surface area contributed by atoms with Gasteiger partial charge in [0.2, 0.25) is 0 Å². The van der Waals surface area contributed by atoms with Crippen LogP contribution in [-0.2, 0) is 9.90 Å². The molecule has 0 unspecified atom stereocenters. The molecule has 1 saturated carbocycles. The Hall–Kier alpha value is -0.530. The minimum atomic E-state index is -0.869. The lowest BCUT2D eigenvalue weighted by Crippen LogP contribution is -2.19. The summed E-state index contributed by atoms with van der Waals surface area (Å²) in [6.45, 7) is 0. The van der Waals surface area contributed by atoms with Crippen molar-refractivity contribution >= 4 is 5.97 Å². The average molecular weight is 99.1 g/mol. The van der Waals surface area contributed by atoms with Crippen LogP contribution in [-0.4, -0.2) is 5.97 Å². The molecule has 1 aliphatic carbocycles. The van der Waals surface area contributed by atoms with Gasteiger partial charge < -0.3 is 0 Å². The van der Waals surface area contributed by atoms with Gasteiger partial charge in [0.15, 0.2) is 0 Å². The van der Waals surface area contributed by atoms with E-state index >= 15 is 0 Å². The SMILES string of the molecule is [O]C(=O)C1CCC1. The number of carbonyl (C=O) groups excluding carboxylic acids is 1. The van der Waals surface area contributed by atoms with Crippen LogP contribution in [0.3, 0.4) is 0 Å². The van der Waals surface area contributed by atoms with Gasteiger partial charge >= 0.3 is 5.97 Å². The predicted molar refractivity (Wildman–Crippen MR) is 23.0 cm³/mol. The monoisotopic (exact) mass is 99.0 g/mol. The van der Waals surface area contributed by atoms with Gasteiger partial charge in [-0.25, -0.2) is 9.90 Å². The smallest absolute Gasteiger partial charge is 0.247 e. The minimum Gasteiger partial charge on any atom is -0.247 e. The molecule has 0 spiro atoms. The second-order valence-electron chi connectivity index (χ2n) is 1.95. The van der Waals surface area contributed by atoms with Gasteiger partial charge in [-0.3, -0.25) is 0 Å². The molecule has 0 amide bonds. The fourth-order valence-electron chi connectivity index (χ4n) is 0.644. The third-order valence-corrected chi connectivity index (χ3v) is 1.44. The van der Waals surface area contributed by atoms with Gasteiger partial charge in [0.25, 0.3) is 0 Å². The van der Waals surface area contributed by atoms with Crippen molar-refractivity contribution in [2.75, 3.05) is 0 Å². The zero-order chi connectivity index (χ0) is 5.28. The molecular weight excluding hydrogens is 92.1 g/mol. The molecule has 0 bridgehead atoms. The molecular formula is C5H7O2. The number of hydrogen-bond donors (Lipinski definition) is 0. The van der Waals surface area contributed by atoms with E-state index in [2.05, 4.69) is 0 Å². The van der Waals surface area contributed by atoms with Crippen molar-refractivity contribution in [1.29, 1.82) is 0 Å². The van der Waals surface area contributed by atoms with E-state index in [4.69, 9.17) is 0 Å². The van der Waals surface area contributed by atoms with Crippen molar-refractivity contribution in [3.05, 3.63) is 0 Å². The molecule has 1 radical (unpaired) electrons. The van der Waals surface area contributed by atoms with Crippen molar-refractivity contribution in [1.82, 2.24) is 0 Å². The van der Waals surface area contributed by atoms with Crippen molar-refractivity contribution in [2.45, 2.75) is 19.3 Å². The predicted octanol–water partition coefficient (Wildman–Crippen LogP) is 0.744. The summed E-state index contributed by atoms with van der Waals surface area (Å²) in [6, 6.07) is 0. The van der Waals surface area contributed by atoms with E-state index in [1.54, 1.807) is 0 Å². The maximum absolute atomic E-state index is 9.87. The van der Waals surface area contributed by atoms with Gasteiger partial charge in [0.1, 0.15) is 0 Å². The first-order valence-electron chi connectivity index (χ1n) is 2.51. The summed E-state index contributed by atoms with van der Waals surface area (Å²) < 4.78 is 0. The first kappa shape index (κ1) is 4.62. The van der Waals surface area contributed by atoms with E-state index in [1.165, 1.54) is 0 Å². The zero-order valence-electron chi connectivity index (χ0n) is 4.02. The van der Waals surface area contributed by atoms with Gasteiger partial charge in [-0.2, -0.15) is 0 Å². The summed E-state index contributed by atoms with van der Waals surface area (Å²) >= 11 is 0. The Bertz CT molecular complexity index is 84.1. The van der Waals surface area contributed by atoms with Crippen molar-refractivity contribution in [2.24, 2.45) is 5.92 Å². The Morgan fingerprint density at radius 1 is 1.43 bits per heavy atom. The molecule has 7 heavy (non-hydrogen) atoms. The van der Waals surface area contributed by atoms with Crippen LogP contribution in [0.2, 0.25) is 0 Å². The molecule has 0 atom stereocenters. The minimum absolute atomic E-state index is 0.111. The molecule has 1 rings (SSSR count). The summed E-state index contributed by atoms with van der Waals surface area (Å²) in [5.74, 6) is -0.980. The highest BCUT2D eigenvalue weighted by Crippen LogP contribution is 2.25. The summed E-state index contributed by atoms with van der Waals surface area (Å²) in [5, 5.41) is 9.87. The van der Waals surface area contributed by atoms with Gasteiger partial charge in [-0.15, -0.1) is 0 Å². The van der Waals surface area contributed by atoms with Crippen LogP contribution in [0.1, 0.15) is 19.3 Å². The summed E-state index contributed by atoms with van der Waals surface area (Å²) in [7, 11) is 0. The van der Waals surface area contributed by atoms with Crippen LogP contribution in [0.4, 0.5) is 0 Å². The number of carbonyl (C=O) groups is 1. The third kappa shape index (κ3) is 0.734. The highest BCUT2D eigenvalue weighted by molar-refractivity contribution is 5.70. The molecule has 0 aromatic heterocycles. The molecule has 39 valence electrons. The highest BCUT2D eigenvalue weighted by Gasteiger charge is 2.25. The Balaban J connectivity index is 2.27. The van der Waals surface area contributed by atoms with Crippen LogP contribution in [0.25, 0.3) is 0 Å². The zero-order valence-corrected chi connectivity index (χ0v) is 4.02. The fraction of sp³-hybridized carbons (Fsp3) is 0.800. The largest absolute Gasteiger partial charge is 0.358 e. The maximum Gasteiger partial charge on any atom is 0.358 e. The van der Waals surface area contributed by atoms with E-state index in [1.807, 2.05) is 0 Å². The molecule has 0 aromatic carbocycles. The van der Waals surface area contributed by atoms with E-state index in [-0.39, 0.29) is 5.92 Å². The third-order valence-electron chi connectivity index (χ3n) is 1.44. The van der Waals surface area contributed by atoms with Crippen LogP contribution in [0.15, 0.2) is 0 Å². The Morgan fingerprint density at radius 3 is 2.00 bits per heavy atom. The second-order valence-corrected chi connectivity index (χ2v) is 1.95. The van der Waals surface area contributed by atoms with Crippen LogP contribution in [0.5, 0.6) is 0 Å². The summed E-state index contributed by atoms with van der Waals surface area (Å²) in [5.41, 5.74) is 0. The normalized spacial score (nSPS) is 21.1. The molecule has 0 saturated heterocycles. The van der Waals surface area contributed by atoms with Crippen LogP contribution < -0.4 is 0 Å². The fourth-order valence-corrected chi connectivity index (χ4v) is 0.644. The van der Waals surface area contributed by atoms with E-state index in [0.29, 0.717) is 0 Å². The molecule has 0 N–H and O–H groups in total. The van der Waals surface area contributed by atoms with Crippen LogP contribution >= 0.6 is 0 Å². The van der Waals surface area contributed by atoms with E-state index in [9.17, 15) is 9.90 Å². The molecule has 2 nitrogen and oxygen atoms in total. The summed E-state index contributed by atoms with van der Waals surface area (Å²) in [4.78, 5) is 9.87. The van der Waals surface area contributed by atoms with Gasteiger partial charge in [0.05, 0.1) is 5.92 Å². The van der Waals surface area contributed by atoms with Crippen LogP contribution in [0, 0.1) is 5.92 Å². The molecule has 2 heteroatoms. The molecule has 0 heterocycles. The highest BCUT2D eigenvalue weighted by atomic mass is 16.4. The Labute approximate surface area is 42.1 Å². The lowest BCUT2D eigenvalue weighted by Gasteiger charge is -2.18. The molecule has 0 aromatic rings. The van der Waals surface area contributed by atoms with Gasteiger partial charge in [-0.05, 0) is 12.8 Å². The standard InChI is InChI=1S/C5H7O2/c6-5(7)4-2-1-3-4/h4H,1-3H2. The van der Waals surface area contributed by atoms with Crippen molar-refractivity contribution in [3.63, 3.8) is 0 Å². The average Bonchev–Trinajstić information content (AvgIpc) is 1.23. The second kappa shape index (κ2) is 1.52. The number of rotatable bonds is 1. The Morgan fingerprint density at radius 2 is 2.00 bits per heavy atom. The first-order valence-corrected chi connectivity index (χ1v) is 2.51. The van der Waals surface area contributed by atoms with Crippen molar-refractivity contribution < 1.29 is 9.90 Å². The molecule has 1 fully saturated rings. The van der Waals surface area contributed by atoms with E-state index < -0.39 is 5.97 Å². The quantitative estimate of drug-likeness (QED) is 0.477. The first-order chi connectivity index (χ1) is 3.30. The lowest BCUT2D eigenvalue weighted by molar-refractivity contribution is -0.150. The molecule has 1 aliphatic rings. The number of hydrogen-bond acceptors (Lipinski definition) is 1. The van der Waals surface area contributed by atoms with Crippen molar-refractivity contribution in [3.8, 4) is 0 Å². The molecule has 0 aliphatic heterocycles. The lowest BCUT2D eigenvalue weighted by atomic mass is 9.86. The van der Waals surface area contributed by atoms with E-state index in [0.717, 1.165) is 19.3 Å². The maximum atomic E-state index is 9.87. The summed E-state index contributed by atoms with van der Waals surface area (Å²) in [6.07, 6.45) is 2.74. The topological polar surface area (TPSA) is 37.0 Å².